The molecule has 0 aliphatic rings. The fourth-order valence-corrected chi connectivity index (χ4v) is 4.85. The minimum absolute atomic E-state index is 0.179. The Kier molecular flexibility index (Phi) is 8.08. The molecule has 0 aliphatic carbocycles. The van der Waals surface area contributed by atoms with Crippen molar-refractivity contribution in [2.45, 2.75) is 78.6 Å². The summed E-state index contributed by atoms with van der Waals surface area (Å²) in [6, 6.07) is 27.0. The maximum Gasteiger partial charge on any atom is 0.0467 e. The van der Waals surface area contributed by atoms with Crippen molar-refractivity contribution in [3.63, 3.8) is 0 Å². The summed E-state index contributed by atoms with van der Waals surface area (Å²) in [5.74, 6) is 0.586. The average molecular weight is 454 g/mol. The van der Waals surface area contributed by atoms with Crippen molar-refractivity contribution in [3.8, 4) is 0 Å². The van der Waals surface area contributed by atoms with Crippen LogP contribution in [0.1, 0.15) is 84.4 Å². The van der Waals surface area contributed by atoms with E-state index in [0.29, 0.717) is 5.92 Å². The molecule has 0 bridgehead atoms. The molecule has 0 amide bonds. The monoisotopic (exact) mass is 453 g/mol. The van der Waals surface area contributed by atoms with Crippen LogP contribution in [0, 0.1) is 5.92 Å². The van der Waals surface area contributed by atoms with E-state index in [1.807, 2.05) is 6.08 Å². The van der Waals surface area contributed by atoms with Gasteiger partial charge in [-0.2, -0.15) is 0 Å². The van der Waals surface area contributed by atoms with E-state index in [1.165, 1.54) is 22.5 Å². The predicted octanol–water partition coefficient (Wildman–Crippen LogP) is 10.2. The van der Waals surface area contributed by atoms with Gasteiger partial charge in [-0.3, -0.25) is 0 Å². The zero-order valence-electron chi connectivity index (χ0n) is 22.4. The molecular formula is C33H43N. The number of benzene rings is 3. The normalized spacial score (nSPS) is 13.5. The second-order valence-corrected chi connectivity index (χ2v) is 10.4. The topological polar surface area (TPSA) is 3.24 Å². The lowest BCUT2D eigenvalue weighted by atomic mass is 9.71. The third kappa shape index (κ3) is 4.99. The third-order valence-electron chi connectivity index (χ3n) is 8.54. The zero-order valence-corrected chi connectivity index (χ0v) is 22.4. The summed E-state index contributed by atoms with van der Waals surface area (Å²) in [4.78, 5) is 2.36. The van der Waals surface area contributed by atoms with Gasteiger partial charge in [0.25, 0.3) is 0 Å². The Labute approximate surface area is 208 Å². The molecule has 0 heterocycles. The molecule has 180 valence electrons. The Morgan fingerprint density at radius 3 is 1.71 bits per heavy atom. The molecule has 34 heavy (non-hydrogen) atoms. The fraction of sp³-hybridized carbons (Fsp3) is 0.394. The van der Waals surface area contributed by atoms with E-state index in [9.17, 15) is 0 Å². The first-order chi connectivity index (χ1) is 16.2. The Balaban J connectivity index is 2.10. The third-order valence-corrected chi connectivity index (χ3v) is 8.54. The van der Waals surface area contributed by atoms with E-state index in [2.05, 4.69) is 133 Å². The lowest BCUT2D eigenvalue weighted by Gasteiger charge is -2.34. The summed E-state index contributed by atoms with van der Waals surface area (Å²) in [5.41, 5.74) is 7.83. The standard InChI is InChI=1S/C33H43N/c1-9-26-14-13-15-31(24-26)34(29-20-16-27(17-21-29)32(7,10-2)11-3)30-22-18-28(19-23-30)33(8,12-4)25(5)6/h9,13-25H,1,10-12H2,2-8H3. The van der Waals surface area contributed by atoms with E-state index < -0.39 is 0 Å². The maximum atomic E-state index is 3.98. The number of nitrogens with zero attached hydrogens (tertiary/aromatic N) is 1. The van der Waals surface area contributed by atoms with Crippen LogP contribution in [0.4, 0.5) is 17.1 Å². The zero-order chi connectivity index (χ0) is 24.9. The second kappa shape index (κ2) is 10.6. The molecular weight excluding hydrogens is 410 g/mol. The lowest BCUT2D eigenvalue weighted by molar-refractivity contribution is 0.326. The molecule has 3 aromatic rings. The smallest absolute Gasteiger partial charge is 0.0467 e. The highest BCUT2D eigenvalue weighted by Gasteiger charge is 2.28. The van der Waals surface area contributed by atoms with E-state index in [1.54, 1.807) is 0 Å². The van der Waals surface area contributed by atoms with Crippen molar-refractivity contribution in [1.82, 2.24) is 0 Å². The summed E-state index contributed by atoms with van der Waals surface area (Å²) in [7, 11) is 0. The SMILES string of the molecule is C=Cc1cccc(N(c2ccc(C(C)(CC)CC)cc2)c2ccc(C(C)(CC)C(C)C)cc2)c1. The number of hydrogen-bond acceptors (Lipinski definition) is 1. The number of anilines is 3. The van der Waals surface area contributed by atoms with Crippen molar-refractivity contribution in [3.05, 3.63) is 96.1 Å². The van der Waals surface area contributed by atoms with E-state index in [-0.39, 0.29) is 10.8 Å². The van der Waals surface area contributed by atoms with Gasteiger partial charge in [0.05, 0.1) is 0 Å². The van der Waals surface area contributed by atoms with Gasteiger partial charge in [-0.15, -0.1) is 0 Å². The lowest BCUT2D eigenvalue weighted by Crippen LogP contribution is -2.27. The van der Waals surface area contributed by atoms with Crippen LogP contribution in [0.25, 0.3) is 6.08 Å². The van der Waals surface area contributed by atoms with Crippen LogP contribution in [-0.2, 0) is 10.8 Å². The molecule has 0 N–H and O–H groups in total. The van der Waals surface area contributed by atoms with Crippen LogP contribution in [0.2, 0.25) is 0 Å². The Hall–Kier alpha value is -2.80. The second-order valence-electron chi connectivity index (χ2n) is 10.4. The first-order valence-electron chi connectivity index (χ1n) is 13.0. The van der Waals surface area contributed by atoms with Crippen LogP contribution in [0.15, 0.2) is 79.4 Å². The minimum atomic E-state index is 0.179. The van der Waals surface area contributed by atoms with Gasteiger partial charge < -0.3 is 4.90 Å². The molecule has 0 spiro atoms. The Morgan fingerprint density at radius 2 is 1.26 bits per heavy atom. The largest absolute Gasteiger partial charge is 0.310 e. The van der Waals surface area contributed by atoms with Crippen LogP contribution in [0.5, 0.6) is 0 Å². The van der Waals surface area contributed by atoms with Gasteiger partial charge in [0.2, 0.25) is 0 Å². The van der Waals surface area contributed by atoms with Gasteiger partial charge in [0.1, 0.15) is 0 Å². The highest BCUT2D eigenvalue weighted by atomic mass is 15.1. The molecule has 0 saturated carbocycles. The molecule has 1 atom stereocenters. The van der Waals surface area contributed by atoms with Crippen LogP contribution < -0.4 is 4.90 Å². The number of rotatable bonds is 10. The van der Waals surface area contributed by atoms with E-state index in [0.717, 1.165) is 30.5 Å². The first-order valence-corrected chi connectivity index (χ1v) is 13.0. The fourth-order valence-electron chi connectivity index (χ4n) is 4.85. The summed E-state index contributed by atoms with van der Waals surface area (Å²) >= 11 is 0. The minimum Gasteiger partial charge on any atom is -0.310 e. The molecule has 1 heteroatoms. The van der Waals surface area contributed by atoms with E-state index in [4.69, 9.17) is 0 Å². The van der Waals surface area contributed by atoms with Gasteiger partial charge in [-0.25, -0.2) is 0 Å². The molecule has 3 rings (SSSR count). The van der Waals surface area contributed by atoms with Crippen molar-refractivity contribution < 1.29 is 0 Å². The molecule has 3 aromatic carbocycles. The summed E-state index contributed by atoms with van der Waals surface area (Å²) < 4.78 is 0. The summed E-state index contributed by atoms with van der Waals surface area (Å²) in [5, 5.41) is 0. The summed E-state index contributed by atoms with van der Waals surface area (Å²) in [6.45, 7) is 20.2. The Morgan fingerprint density at radius 1 is 0.735 bits per heavy atom. The van der Waals surface area contributed by atoms with Gasteiger partial charge in [0, 0.05) is 17.1 Å². The summed E-state index contributed by atoms with van der Waals surface area (Å²) in [6.07, 6.45) is 5.32. The molecule has 0 aromatic heterocycles. The van der Waals surface area contributed by atoms with Gasteiger partial charge in [0.15, 0.2) is 0 Å². The molecule has 0 aliphatic heterocycles. The van der Waals surface area contributed by atoms with Crippen LogP contribution in [-0.4, -0.2) is 0 Å². The maximum absolute atomic E-state index is 3.98. The molecule has 1 unspecified atom stereocenters. The molecule has 1 nitrogen and oxygen atoms in total. The van der Waals surface area contributed by atoms with Gasteiger partial charge in [-0.05, 0) is 89.1 Å². The van der Waals surface area contributed by atoms with Crippen molar-refractivity contribution in [1.29, 1.82) is 0 Å². The number of hydrogen-bond donors (Lipinski definition) is 0. The highest BCUT2D eigenvalue weighted by Crippen LogP contribution is 2.40. The highest BCUT2D eigenvalue weighted by molar-refractivity contribution is 5.78. The quantitative estimate of drug-likeness (QED) is 0.295. The van der Waals surface area contributed by atoms with Crippen LogP contribution >= 0.6 is 0 Å². The van der Waals surface area contributed by atoms with Crippen LogP contribution in [0.3, 0.4) is 0 Å². The predicted molar refractivity (Wildman–Crippen MR) is 152 cm³/mol. The van der Waals surface area contributed by atoms with Gasteiger partial charge >= 0.3 is 0 Å². The molecule has 0 saturated heterocycles. The molecule has 0 radical (unpaired) electrons. The van der Waals surface area contributed by atoms with E-state index >= 15 is 0 Å². The molecule has 0 fully saturated rings. The van der Waals surface area contributed by atoms with Gasteiger partial charge in [-0.1, -0.05) is 97.5 Å². The Bertz CT molecular complexity index is 1070. The van der Waals surface area contributed by atoms with Crippen molar-refractivity contribution >= 4 is 23.1 Å². The first kappa shape index (κ1) is 25.8. The van der Waals surface area contributed by atoms with Crippen molar-refractivity contribution in [2.24, 2.45) is 5.92 Å². The van der Waals surface area contributed by atoms with Crippen molar-refractivity contribution in [2.75, 3.05) is 4.90 Å². The average Bonchev–Trinajstić information content (AvgIpc) is 2.88.